The molecule has 100 valence electrons. The third kappa shape index (κ3) is 3.48. The van der Waals surface area contributed by atoms with Crippen molar-refractivity contribution in [3.05, 3.63) is 59.7 Å². The molecule has 0 amide bonds. The van der Waals surface area contributed by atoms with Gasteiger partial charge in [0, 0.05) is 6.04 Å². The van der Waals surface area contributed by atoms with E-state index in [9.17, 15) is 0 Å². The van der Waals surface area contributed by atoms with Crippen LogP contribution in [0.25, 0.3) is 0 Å². The Hall–Kier alpha value is -2.00. The van der Waals surface area contributed by atoms with Crippen LogP contribution in [0.5, 0.6) is 11.5 Å². The molecule has 0 radical (unpaired) electrons. The molecule has 3 heteroatoms. The summed E-state index contributed by atoms with van der Waals surface area (Å²) in [7, 11) is 3.33. The fourth-order valence-corrected chi connectivity index (χ4v) is 2.04. The molecule has 0 aliphatic rings. The van der Waals surface area contributed by atoms with Crippen LogP contribution in [-0.4, -0.2) is 14.2 Å². The molecule has 3 nitrogen and oxygen atoms in total. The van der Waals surface area contributed by atoms with Crippen LogP contribution < -0.4 is 15.2 Å². The molecule has 1 unspecified atom stereocenters. The summed E-state index contributed by atoms with van der Waals surface area (Å²) in [5, 5.41) is 0. The zero-order valence-corrected chi connectivity index (χ0v) is 11.3. The summed E-state index contributed by atoms with van der Waals surface area (Å²) in [5.41, 5.74) is 8.48. The summed E-state index contributed by atoms with van der Waals surface area (Å²) < 4.78 is 10.4. The quantitative estimate of drug-likeness (QED) is 0.895. The lowest BCUT2D eigenvalue weighted by Crippen LogP contribution is -2.13. The lowest BCUT2D eigenvalue weighted by molar-refractivity contribution is 0.413. The van der Waals surface area contributed by atoms with Crippen molar-refractivity contribution in [3.63, 3.8) is 0 Å². The van der Waals surface area contributed by atoms with E-state index in [4.69, 9.17) is 15.2 Å². The molecule has 2 N–H and O–H groups in total. The normalized spacial score (nSPS) is 11.9. The predicted octanol–water partition coefficient (Wildman–Crippen LogP) is 2.95. The smallest absolute Gasteiger partial charge is 0.119 e. The van der Waals surface area contributed by atoms with E-state index in [0.717, 1.165) is 29.0 Å². The van der Waals surface area contributed by atoms with Gasteiger partial charge in [0.25, 0.3) is 0 Å². The average molecular weight is 257 g/mol. The number of nitrogens with two attached hydrogens (primary N) is 1. The average Bonchev–Trinajstić information content (AvgIpc) is 2.47. The Morgan fingerprint density at radius 3 is 2.26 bits per heavy atom. The first-order chi connectivity index (χ1) is 9.22. The summed E-state index contributed by atoms with van der Waals surface area (Å²) in [5.74, 6) is 1.69. The maximum absolute atomic E-state index is 6.25. The van der Waals surface area contributed by atoms with Crippen LogP contribution in [-0.2, 0) is 6.42 Å². The number of rotatable bonds is 5. The highest BCUT2D eigenvalue weighted by Crippen LogP contribution is 2.22. The van der Waals surface area contributed by atoms with E-state index in [-0.39, 0.29) is 6.04 Å². The molecule has 0 heterocycles. The summed E-state index contributed by atoms with van der Waals surface area (Å²) in [6, 6.07) is 15.8. The number of hydrogen-bond donors (Lipinski definition) is 1. The van der Waals surface area contributed by atoms with Crippen LogP contribution >= 0.6 is 0 Å². The van der Waals surface area contributed by atoms with Gasteiger partial charge in [-0.2, -0.15) is 0 Å². The van der Waals surface area contributed by atoms with Gasteiger partial charge in [-0.1, -0.05) is 24.3 Å². The van der Waals surface area contributed by atoms with Gasteiger partial charge in [-0.3, -0.25) is 0 Å². The van der Waals surface area contributed by atoms with E-state index in [0.29, 0.717) is 0 Å². The second-order valence-electron chi connectivity index (χ2n) is 4.44. The zero-order valence-electron chi connectivity index (χ0n) is 11.3. The first kappa shape index (κ1) is 13.4. The van der Waals surface area contributed by atoms with E-state index < -0.39 is 0 Å². The molecular weight excluding hydrogens is 238 g/mol. The third-order valence-corrected chi connectivity index (χ3v) is 3.11. The van der Waals surface area contributed by atoms with Gasteiger partial charge in [0.1, 0.15) is 11.5 Å². The molecular formula is C16H19NO2. The Bertz CT molecular complexity index is 540. The van der Waals surface area contributed by atoms with Gasteiger partial charge in [-0.05, 0) is 41.8 Å². The minimum absolute atomic E-state index is 0.0535. The second kappa shape index (κ2) is 6.25. The number of ether oxygens (including phenoxy) is 2. The van der Waals surface area contributed by atoms with Crippen molar-refractivity contribution in [1.82, 2.24) is 0 Å². The largest absolute Gasteiger partial charge is 0.497 e. The number of methoxy groups -OCH3 is 2. The molecule has 19 heavy (non-hydrogen) atoms. The minimum Gasteiger partial charge on any atom is -0.497 e. The van der Waals surface area contributed by atoms with Crippen molar-refractivity contribution < 1.29 is 9.47 Å². The SMILES string of the molecule is COc1cccc(CC(N)c2cccc(OC)c2)c1. The molecule has 0 saturated carbocycles. The lowest BCUT2D eigenvalue weighted by Gasteiger charge is -2.13. The van der Waals surface area contributed by atoms with Gasteiger partial charge in [-0.15, -0.1) is 0 Å². The van der Waals surface area contributed by atoms with Crippen molar-refractivity contribution in [3.8, 4) is 11.5 Å². The zero-order chi connectivity index (χ0) is 13.7. The van der Waals surface area contributed by atoms with E-state index in [1.807, 2.05) is 42.5 Å². The van der Waals surface area contributed by atoms with E-state index >= 15 is 0 Å². The van der Waals surface area contributed by atoms with Gasteiger partial charge in [0.2, 0.25) is 0 Å². The lowest BCUT2D eigenvalue weighted by atomic mass is 9.99. The van der Waals surface area contributed by atoms with Crippen LogP contribution in [0.15, 0.2) is 48.5 Å². The maximum Gasteiger partial charge on any atom is 0.119 e. The highest BCUT2D eigenvalue weighted by Gasteiger charge is 2.08. The van der Waals surface area contributed by atoms with E-state index in [1.165, 1.54) is 0 Å². The first-order valence-electron chi connectivity index (χ1n) is 6.25. The highest BCUT2D eigenvalue weighted by atomic mass is 16.5. The Kier molecular flexibility index (Phi) is 4.42. The van der Waals surface area contributed by atoms with Crippen molar-refractivity contribution >= 4 is 0 Å². The summed E-state index contributed by atoms with van der Waals surface area (Å²) in [6.07, 6.45) is 0.768. The van der Waals surface area contributed by atoms with Crippen molar-refractivity contribution in [2.45, 2.75) is 12.5 Å². The van der Waals surface area contributed by atoms with Crippen LogP contribution in [0.3, 0.4) is 0 Å². The summed E-state index contributed by atoms with van der Waals surface area (Å²) in [6.45, 7) is 0. The molecule has 2 rings (SSSR count). The predicted molar refractivity (Wildman–Crippen MR) is 76.6 cm³/mol. The van der Waals surface area contributed by atoms with Crippen molar-refractivity contribution in [2.24, 2.45) is 5.73 Å². The monoisotopic (exact) mass is 257 g/mol. The van der Waals surface area contributed by atoms with Gasteiger partial charge in [0.15, 0.2) is 0 Å². The summed E-state index contributed by atoms with van der Waals surface area (Å²) in [4.78, 5) is 0. The minimum atomic E-state index is -0.0535. The Morgan fingerprint density at radius 1 is 0.947 bits per heavy atom. The van der Waals surface area contributed by atoms with Crippen molar-refractivity contribution in [1.29, 1.82) is 0 Å². The molecule has 0 aromatic heterocycles. The standard InChI is InChI=1S/C16H19NO2/c1-18-14-7-3-5-12(9-14)10-16(17)13-6-4-8-15(11-13)19-2/h3-9,11,16H,10,17H2,1-2H3. The number of hydrogen-bond acceptors (Lipinski definition) is 3. The molecule has 2 aromatic rings. The molecule has 0 spiro atoms. The number of benzene rings is 2. The maximum atomic E-state index is 6.25. The molecule has 2 aromatic carbocycles. The van der Waals surface area contributed by atoms with Crippen LogP contribution in [0, 0.1) is 0 Å². The van der Waals surface area contributed by atoms with Gasteiger partial charge in [0.05, 0.1) is 14.2 Å². The molecule has 0 aliphatic heterocycles. The van der Waals surface area contributed by atoms with Crippen molar-refractivity contribution in [2.75, 3.05) is 14.2 Å². The Labute approximate surface area is 114 Å². The third-order valence-electron chi connectivity index (χ3n) is 3.11. The Balaban J connectivity index is 2.13. The fourth-order valence-electron chi connectivity index (χ4n) is 2.04. The molecule has 0 saturated heterocycles. The molecule has 0 aliphatic carbocycles. The highest BCUT2D eigenvalue weighted by molar-refractivity contribution is 5.33. The van der Waals surface area contributed by atoms with Crippen LogP contribution in [0.2, 0.25) is 0 Å². The second-order valence-corrected chi connectivity index (χ2v) is 4.44. The topological polar surface area (TPSA) is 44.5 Å². The van der Waals surface area contributed by atoms with Gasteiger partial charge >= 0.3 is 0 Å². The van der Waals surface area contributed by atoms with Crippen LogP contribution in [0.1, 0.15) is 17.2 Å². The fraction of sp³-hybridized carbons (Fsp3) is 0.250. The van der Waals surface area contributed by atoms with Gasteiger partial charge in [-0.25, -0.2) is 0 Å². The Morgan fingerprint density at radius 2 is 1.58 bits per heavy atom. The van der Waals surface area contributed by atoms with Crippen LogP contribution in [0.4, 0.5) is 0 Å². The molecule has 0 fully saturated rings. The molecule has 0 bridgehead atoms. The van der Waals surface area contributed by atoms with Gasteiger partial charge < -0.3 is 15.2 Å². The first-order valence-corrected chi connectivity index (χ1v) is 6.25. The molecule has 1 atom stereocenters. The van der Waals surface area contributed by atoms with E-state index in [2.05, 4.69) is 6.07 Å². The van der Waals surface area contributed by atoms with E-state index in [1.54, 1.807) is 14.2 Å². The summed E-state index contributed by atoms with van der Waals surface area (Å²) >= 11 is 0.